The maximum absolute atomic E-state index is 15.0. The van der Waals surface area contributed by atoms with Gasteiger partial charge in [-0.2, -0.15) is 10.5 Å². The van der Waals surface area contributed by atoms with E-state index in [1.54, 1.807) is 48.3 Å². The quantitative estimate of drug-likeness (QED) is 0.271. The van der Waals surface area contributed by atoms with Crippen molar-refractivity contribution in [2.24, 2.45) is 0 Å². The number of halogens is 1. The summed E-state index contributed by atoms with van der Waals surface area (Å²) in [5.74, 6) is -0.976. The van der Waals surface area contributed by atoms with Gasteiger partial charge in [0.1, 0.15) is 17.6 Å². The number of hydrazine groups is 1. The molecule has 1 unspecified atom stereocenters. The number of nitrogens with one attached hydrogen (secondary N) is 1. The fourth-order valence-electron chi connectivity index (χ4n) is 5.98. The molecule has 6 rings (SSSR count). The monoisotopic (exact) mass is 681 g/mol. The molecule has 12 nitrogen and oxygen atoms in total. The van der Waals surface area contributed by atoms with E-state index in [0.29, 0.717) is 46.9 Å². The third-order valence-electron chi connectivity index (χ3n) is 8.28. The van der Waals surface area contributed by atoms with Gasteiger partial charge in [0.25, 0.3) is 21.8 Å². The van der Waals surface area contributed by atoms with Crippen molar-refractivity contribution in [2.75, 3.05) is 42.0 Å². The maximum atomic E-state index is 15.0. The molecule has 0 bridgehead atoms. The van der Waals surface area contributed by atoms with Gasteiger partial charge in [-0.3, -0.25) is 15.0 Å². The molecule has 0 saturated carbocycles. The van der Waals surface area contributed by atoms with Gasteiger partial charge in [-0.25, -0.2) is 22.7 Å². The Hall–Kier alpha value is -5.47. The fourth-order valence-corrected chi connectivity index (χ4v) is 7.57. The summed E-state index contributed by atoms with van der Waals surface area (Å²) in [5, 5.41) is 20.9. The highest BCUT2D eigenvalue weighted by atomic mass is 35.5. The lowest BCUT2D eigenvalue weighted by molar-refractivity contribution is -0.136. The molecule has 1 fully saturated rings. The topological polar surface area (TPSA) is 160 Å². The van der Waals surface area contributed by atoms with E-state index in [1.807, 2.05) is 17.0 Å². The van der Waals surface area contributed by atoms with Gasteiger partial charge in [-0.05, 0) is 67.6 Å². The fraction of sp³-hybridized carbons (Fsp3) is 0.206. The van der Waals surface area contributed by atoms with E-state index in [9.17, 15) is 23.3 Å². The Balaban J connectivity index is 1.45. The number of nitriles is 2. The van der Waals surface area contributed by atoms with Crippen molar-refractivity contribution < 1.29 is 22.7 Å². The zero-order valence-electron chi connectivity index (χ0n) is 25.6. The molecule has 1 N–H and O–H groups in total. The average Bonchev–Trinajstić information content (AvgIpc) is 3.37. The second-order valence-corrected chi connectivity index (χ2v) is 13.2. The molecule has 3 heterocycles. The number of ether oxygens (including phenoxy) is 1. The molecule has 1 atom stereocenters. The van der Waals surface area contributed by atoms with Gasteiger partial charge in [0.2, 0.25) is 0 Å². The largest absolute Gasteiger partial charge is 0.494 e. The second kappa shape index (κ2) is 13.0. The number of fused-ring (bicyclic) bond motifs is 1. The minimum atomic E-state index is -4.58. The number of nitrogens with zero attached hydrogens (tertiary/aromatic N) is 6. The summed E-state index contributed by atoms with van der Waals surface area (Å²) in [6.45, 7) is 3.54. The molecule has 2 aliphatic rings. The van der Waals surface area contributed by atoms with Gasteiger partial charge in [0.15, 0.2) is 5.41 Å². The van der Waals surface area contributed by atoms with E-state index in [-0.39, 0.29) is 39.6 Å². The summed E-state index contributed by atoms with van der Waals surface area (Å²) in [7, 11) is -4.58. The molecule has 1 saturated heterocycles. The van der Waals surface area contributed by atoms with E-state index >= 15 is 0 Å². The molecule has 0 aliphatic carbocycles. The molecule has 1 aromatic heterocycles. The zero-order valence-corrected chi connectivity index (χ0v) is 27.2. The Kier molecular flexibility index (Phi) is 8.77. The van der Waals surface area contributed by atoms with Crippen LogP contribution in [-0.4, -0.2) is 63.0 Å². The minimum Gasteiger partial charge on any atom is -0.494 e. The van der Waals surface area contributed by atoms with Crippen LogP contribution in [0.25, 0.3) is 0 Å². The van der Waals surface area contributed by atoms with E-state index in [4.69, 9.17) is 21.6 Å². The van der Waals surface area contributed by atoms with Crippen molar-refractivity contribution in [1.82, 2.24) is 15.4 Å². The number of amides is 2. The number of hydrogen-bond donors (Lipinski definition) is 1. The van der Waals surface area contributed by atoms with Crippen molar-refractivity contribution in [3.63, 3.8) is 0 Å². The predicted octanol–water partition coefficient (Wildman–Crippen LogP) is 3.75. The number of anilines is 2. The number of hydrogen-bond acceptors (Lipinski definition) is 10. The van der Waals surface area contributed by atoms with Crippen LogP contribution in [0.3, 0.4) is 0 Å². The summed E-state index contributed by atoms with van der Waals surface area (Å²) >= 11 is 6.03. The van der Waals surface area contributed by atoms with Crippen LogP contribution in [0.1, 0.15) is 29.2 Å². The highest BCUT2D eigenvalue weighted by Crippen LogP contribution is 2.51. The highest BCUT2D eigenvalue weighted by molar-refractivity contribution is 7.93. The number of sulfonamides is 1. The van der Waals surface area contributed by atoms with Gasteiger partial charge in [-0.1, -0.05) is 29.8 Å². The number of rotatable bonds is 8. The Labute approximate surface area is 282 Å². The summed E-state index contributed by atoms with van der Waals surface area (Å²) in [5.41, 5.74) is 1.28. The SMILES string of the molecule is CCOc1ccccc1C1(C(=O)NN2CCN(c3ccc(C#N)cn3)CC2)C(=O)N(S(=O)(=O)c2ccc(Cl)cc2)c2ccc(C#N)cc21. The molecule has 0 spiro atoms. The first-order chi connectivity index (χ1) is 23.1. The first-order valence-corrected chi connectivity index (χ1v) is 16.8. The summed E-state index contributed by atoms with van der Waals surface area (Å²) in [6, 6.07) is 23.5. The van der Waals surface area contributed by atoms with Crippen molar-refractivity contribution >= 4 is 44.9 Å². The number of pyridine rings is 1. The van der Waals surface area contributed by atoms with Gasteiger partial charge in [0.05, 0.1) is 34.4 Å². The predicted molar refractivity (Wildman–Crippen MR) is 177 cm³/mol. The zero-order chi connectivity index (χ0) is 34.1. The third-order valence-corrected chi connectivity index (χ3v) is 10.2. The number of para-hydroxylation sites is 1. The Bertz CT molecular complexity index is 2090. The summed E-state index contributed by atoms with van der Waals surface area (Å²) in [4.78, 5) is 35.9. The van der Waals surface area contributed by atoms with Crippen molar-refractivity contribution in [3.8, 4) is 17.9 Å². The standard InChI is InChI=1S/C34H28ClN7O5S/c1-2-47-30-6-4-3-5-27(30)34(32(43)39-41-17-15-40(16-18-41)31-14-8-24(21-37)22-38-31)28-19-23(20-36)7-13-29(28)42(33(34)44)48(45,46)26-11-9-25(35)10-12-26/h3-14,19,22H,2,15-18H2,1H3,(H,39,43). The Morgan fingerprint density at radius 2 is 1.65 bits per heavy atom. The molecule has 0 radical (unpaired) electrons. The van der Waals surface area contributed by atoms with Crippen LogP contribution in [0.15, 0.2) is 90.0 Å². The lowest BCUT2D eigenvalue weighted by Gasteiger charge is -2.37. The van der Waals surface area contributed by atoms with Crippen LogP contribution >= 0.6 is 11.6 Å². The van der Waals surface area contributed by atoms with Gasteiger partial charge in [-0.15, -0.1) is 0 Å². The van der Waals surface area contributed by atoms with E-state index < -0.39 is 27.3 Å². The van der Waals surface area contributed by atoms with E-state index in [2.05, 4.69) is 10.4 Å². The lowest BCUT2D eigenvalue weighted by atomic mass is 9.73. The van der Waals surface area contributed by atoms with Crippen LogP contribution in [0.4, 0.5) is 11.5 Å². The maximum Gasteiger partial charge on any atom is 0.270 e. The highest BCUT2D eigenvalue weighted by Gasteiger charge is 2.62. The Morgan fingerprint density at radius 3 is 2.29 bits per heavy atom. The molecule has 14 heteroatoms. The lowest BCUT2D eigenvalue weighted by Crippen LogP contribution is -2.60. The van der Waals surface area contributed by atoms with Crippen LogP contribution in [0, 0.1) is 22.7 Å². The van der Waals surface area contributed by atoms with E-state index in [1.165, 1.54) is 48.7 Å². The number of carbonyl (C=O) groups is 2. The molecule has 2 aliphatic heterocycles. The Morgan fingerprint density at radius 1 is 0.958 bits per heavy atom. The number of aromatic nitrogens is 1. The number of piperazine rings is 1. The van der Waals surface area contributed by atoms with Gasteiger partial charge < -0.3 is 9.64 Å². The number of carbonyl (C=O) groups excluding carboxylic acids is 2. The molecule has 4 aromatic rings. The van der Waals surface area contributed by atoms with Crippen LogP contribution in [0.5, 0.6) is 5.75 Å². The molecule has 242 valence electrons. The number of benzene rings is 3. The molecular formula is C34H28ClN7O5S. The molecule has 3 aromatic carbocycles. The van der Waals surface area contributed by atoms with Gasteiger partial charge in [0, 0.05) is 48.5 Å². The van der Waals surface area contributed by atoms with Gasteiger partial charge >= 0.3 is 0 Å². The van der Waals surface area contributed by atoms with Crippen molar-refractivity contribution in [2.45, 2.75) is 17.2 Å². The second-order valence-electron chi connectivity index (χ2n) is 11.0. The summed E-state index contributed by atoms with van der Waals surface area (Å²) in [6.07, 6.45) is 1.49. The first kappa shape index (κ1) is 32.5. The first-order valence-electron chi connectivity index (χ1n) is 14.9. The van der Waals surface area contributed by atoms with Crippen molar-refractivity contribution in [1.29, 1.82) is 10.5 Å². The summed E-state index contributed by atoms with van der Waals surface area (Å²) < 4.78 is 35.0. The van der Waals surface area contributed by atoms with Crippen molar-refractivity contribution in [3.05, 3.63) is 112 Å². The minimum absolute atomic E-state index is 0.0224. The van der Waals surface area contributed by atoms with E-state index in [0.717, 1.165) is 0 Å². The third kappa shape index (κ3) is 5.48. The smallest absolute Gasteiger partial charge is 0.270 e. The molecule has 48 heavy (non-hydrogen) atoms. The van der Waals surface area contributed by atoms with Crippen LogP contribution in [0.2, 0.25) is 5.02 Å². The van der Waals surface area contributed by atoms with Crippen LogP contribution in [-0.2, 0) is 25.0 Å². The normalized spacial score (nSPS) is 17.7. The molecular weight excluding hydrogens is 654 g/mol. The molecule has 2 amide bonds. The average molecular weight is 682 g/mol. The van der Waals surface area contributed by atoms with Crippen LogP contribution < -0.4 is 19.4 Å².